The quantitative estimate of drug-likeness (QED) is 0.559. The number of hydrogen-bond donors (Lipinski definition) is 0. The maximum absolute atomic E-state index is 13.2. The van der Waals surface area contributed by atoms with E-state index < -0.39 is 0 Å². The number of hydrogen-bond acceptors (Lipinski definition) is 4. The molecule has 2 amide bonds. The van der Waals surface area contributed by atoms with Crippen LogP contribution in [-0.2, 0) is 20.9 Å². The number of ether oxygens (including phenoxy) is 1. The van der Waals surface area contributed by atoms with Crippen LogP contribution in [0.4, 0.5) is 0 Å². The van der Waals surface area contributed by atoms with Crippen molar-refractivity contribution in [2.45, 2.75) is 32.7 Å². The smallest absolute Gasteiger partial charge is 0.309 e. The molecule has 0 aliphatic carbocycles. The SMILES string of the molecule is CCOC(=O)C1CCN(C(=O)CCN(Cc2ccccc2)C(=O)c2ccccc2Cl)CC1. The fraction of sp³-hybridized carbons (Fsp3) is 0.400. The summed E-state index contributed by atoms with van der Waals surface area (Å²) in [5.74, 6) is -0.542. The number of halogens is 1. The van der Waals surface area contributed by atoms with Crippen LogP contribution in [0.15, 0.2) is 54.6 Å². The minimum absolute atomic E-state index is 0.0164. The van der Waals surface area contributed by atoms with Gasteiger partial charge in [0, 0.05) is 32.6 Å². The van der Waals surface area contributed by atoms with Gasteiger partial charge in [-0.3, -0.25) is 14.4 Å². The minimum Gasteiger partial charge on any atom is -0.466 e. The van der Waals surface area contributed by atoms with Crippen molar-refractivity contribution in [2.24, 2.45) is 5.92 Å². The molecule has 1 saturated heterocycles. The fourth-order valence-corrected chi connectivity index (χ4v) is 4.09. The molecule has 2 aromatic carbocycles. The third kappa shape index (κ3) is 6.33. The molecule has 1 heterocycles. The van der Waals surface area contributed by atoms with E-state index in [1.54, 1.807) is 41.0 Å². The van der Waals surface area contributed by atoms with Crippen molar-refractivity contribution in [3.8, 4) is 0 Å². The Hall–Kier alpha value is -2.86. The Morgan fingerprint density at radius 2 is 1.69 bits per heavy atom. The second-order valence-corrected chi connectivity index (χ2v) is 8.26. The lowest BCUT2D eigenvalue weighted by Crippen LogP contribution is -2.42. The number of nitrogens with zero attached hydrogens (tertiary/aromatic N) is 2. The fourth-order valence-electron chi connectivity index (χ4n) is 3.87. The molecule has 0 unspecified atom stereocenters. The topological polar surface area (TPSA) is 66.9 Å². The molecular formula is C25H29ClN2O4. The molecule has 170 valence electrons. The number of esters is 1. The summed E-state index contributed by atoms with van der Waals surface area (Å²) in [5, 5.41) is 0.392. The summed E-state index contributed by atoms with van der Waals surface area (Å²) in [6.45, 7) is 3.90. The summed E-state index contributed by atoms with van der Waals surface area (Å²) in [7, 11) is 0. The van der Waals surface area contributed by atoms with Crippen molar-refractivity contribution in [2.75, 3.05) is 26.2 Å². The highest BCUT2D eigenvalue weighted by Crippen LogP contribution is 2.21. The van der Waals surface area contributed by atoms with Crippen LogP contribution in [0.1, 0.15) is 42.1 Å². The van der Waals surface area contributed by atoms with Gasteiger partial charge < -0.3 is 14.5 Å². The molecule has 3 rings (SSSR count). The molecule has 0 radical (unpaired) electrons. The van der Waals surface area contributed by atoms with Crippen LogP contribution in [0, 0.1) is 5.92 Å². The van der Waals surface area contributed by atoms with E-state index in [4.69, 9.17) is 16.3 Å². The monoisotopic (exact) mass is 456 g/mol. The van der Waals surface area contributed by atoms with Crippen molar-refractivity contribution >= 4 is 29.4 Å². The average molecular weight is 457 g/mol. The normalized spacial score (nSPS) is 14.1. The molecule has 0 spiro atoms. The Labute approximate surface area is 194 Å². The van der Waals surface area contributed by atoms with Gasteiger partial charge in [0.15, 0.2) is 0 Å². The lowest BCUT2D eigenvalue weighted by molar-refractivity contribution is -0.151. The molecular weight excluding hydrogens is 428 g/mol. The van der Waals surface area contributed by atoms with Crippen molar-refractivity contribution < 1.29 is 19.1 Å². The molecule has 1 fully saturated rings. The third-order valence-corrected chi connectivity index (χ3v) is 6.00. The van der Waals surface area contributed by atoms with Gasteiger partial charge >= 0.3 is 5.97 Å². The summed E-state index contributed by atoms with van der Waals surface area (Å²) < 4.78 is 5.09. The van der Waals surface area contributed by atoms with Gasteiger partial charge in [0.2, 0.25) is 5.91 Å². The Kier molecular flexibility index (Phi) is 8.68. The first-order valence-electron chi connectivity index (χ1n) is 11.0. The molecule has 32 heavy (non-hydrogen) atoms. The molecule has 0 bridgehead atoms. The molecule has 0 N–H and O–H groups in total. The lowest BCUT2D eigenvalue weighted by Gasteiger charge is -2.32. The number of rotatable bonds is 8. The van der Waals surface area contributed by atoms with Gasteiger partial charge in [0.1, 0.15) is 0 Å². The largest absolute Gasteiger partial charge is 0.466 e. The highest BCUT2D eigenvalue weighted by molar-refractivity contribution is 6.33. The summed E-state index contributed by atoms with van der Waals surface area (Å²) in [6, 6.07) is 16.6. The number of carbonyl (C=O) groups is 3. The second kappa shape index (κ2) is 11.7. The minimum atomic E-state index is -0.201. The number of amides is 2. The predicted molar refractivity (Wildman–Crippen MR) is 123 cm³/mol. The zero-order valence-corrected chi connectivity index (χ0v) is 19.1. The molecule has 7 heteroatoms. The molecule has 2 aromatic rings. The zero-order chi connectivity index (χ0) is 22.9. The van der Waals surface area contributed by atoms with Gasteiger partial charge in [-0.15, -0.1) is 0 Å². The maximum Gasteiger partial charge on any atom is 0.309 e. The van der Waals surface area contributed by atoms with Gasteiger partial charge in [0.25, 0.3) is 5.91 Å². The molecule has 0 saturated carbocycles. The Balaban J connectivity index is 1.62. The average Bonchev–Trinajstić information content (AvgIpc) is 2.82. The summed E-state index contributed by atoms with van der Waals surface area (Å²) in [6.07, 6.45) is 1.43. The van der Waals surface area contributed by atoms with Gasteiger partial charge in [-0.05, 0) is 37.5 Å². The molecule has 1 aliphatic heterocycles. The third-order valence-electron chi connectivity index (χ3n) is 5.67. The predicted octanol–water partition coefficient (Wildman–Crippen LogP) is 4.17. The standard InChI is InChI=1S/C25H29ClN2O4/c1-2-32-25(31)20-12-15-27(16-13-20)23(29)14-17-28(18-19-8-4-3-5-9-19)24(30)21-10-6-7-11-22(21)26/h3-11,20H,2,12-18H2,1H3. The van der Waals surface area contributed by atoms with Gasteiger partial charge in [-0.1, -0.05) is 54.1 Å². The van der Waals surface area contributed by atoms with E-state index in [0.29, 0.717) is 49.7 Å². The zero-order valence-electron chi connectivity index (χ0n) is 18.3. The number of carbonyl (C=O) groups excluding carboxylic acids is 3. The van der Waals surface area contributed by atoms with Crippen LogP contribution in [0.25, 0.3) is 0 Å². The summed E-state index contributed by atoms with van der Waals surface area (Å²) >= 11 is 6.25. The highest BCUT2D eigenvalue weighted by Gasteiger charge is 2.28. The van der Waals surface area contributed by atoms with Crippen molar-refractivity contribution in [1.29, 1.82) is 0 Å². The molecule has 1 aliphatic rings. The lowest BCUT2D eigenvalue weighted by atomic mass is 9.97. The van der Waals surface area contributed by atoms with Crippen molar-refractivity contribution in [3.63, 3.8) is 0 Å². The summed E-state index contributed by atoms with van der Waals surface area (Å²) in [4.78, 5) is 41.4. The first-order chi connectivity index (χ1) is 15.5. The molecule has 6 nitrogen and oxygen atoms in total. The van der Waals surface area contributed by atoms with Crippen LogP contribution in [0.5, 0.6) is 0 Å². The Bertz CT molecular complexity index is 927. The first kappa shape index (κ1) is 23.8. The highest BCUT2D eigenvalue weighted by atomic mass is 35.5. The number of likely N-dealkylation sites (tertiary alicyclic amines) is 1. The van der Waals surface area contributed by atoms with E-state index in [2.05, 4.69) is 0 Å². The van der Waals surface area contributed by atoms with E-state index >= 15 is 0 Å². The van der Waals surface area contributed by atoms with E-state index in [1.807, 2.05) is 30.3 Å². The number of benzene rings is 2. The van der Waals surface area contributed by atoms with Gasteiger partial charge in [-0.2, -0.15) is 0 Å². The van der Waals surface area contributed by atoms with Crippen molar-refractivity contribution in [3.05, 3.63) is 70.7 Å². The molecule has 0 atom stereocenters. The second-order valence-electron chi connectivity index (χ2n) is 7.85. The van der Waals surface area contributed by atoms with Crippen LogP contribution >= 0.6 is 11.6 Å². The van der Waals surface area contributed by atoms with Crippen LogP contribution in [-0.4, -0.2) is 53.8 Å². The van der Waals surface area contributed by atoms with Crippen LogP contribution in [0.3, 0.4) is 0 Å². The maximum atomic E-state index is 13.2. The van der Waals surface area contributed by atoms with E-state index in [1.165, 1.54) is 0 Å². The molecule has 0 aromatic heterocycles. The van der Waals surface area contributed by atoms with E-state index in [-0.39, 0.29) is 36.7 Å². The van der Waals surface area contributed by atoms with Gasteiger partial charge in [0.05, 0.1) is 23.1 Å². The Morgan fingerprint density at radius 1 is 1.03 bits per heavy atom. The van der Waals surface area contributed by atoms with Gasteiger partial charge in [-0.25, -0.2) is 0 Å². The van der Waals surface area contributed by atoms with E-state index in [0.717, 1.165) is 5.56 Å². The summed E-state index contributed by atoms with van der Waals surface area (Å²) in [5.41, 5.74) is 1.41. The van der Waals surface area contributed by atoms with Crippen LogP contribution < -0.4 is 0 Å². The van der Waals surface area contributed by atoms with E-state index in [9.17, 15) is 14.4 Å². The first-order valence-corrected chi connectivity index (χ1v) is 11.4. The number of piperidine rings is 1. The van der Waals surface area contributed by atoms with Crippen LogP contribution in [0.2, 0.25) is 5.02 Å². The van der Waals surface area contributed by atoms with Crippen molar-refractivity contribution in [1.82, 2.24) is 9.80 Å². The Morgan fingerprint density at radius 3 is 2.34 bits per heavy atom.